The molecule has 2 aliphatic heterocycles. The SMILES string of the molecule is CN(Cc1ccccc1)Cc1cc(C[C@@H]2CC[C@H](O)[C@@H](CNC3CCOCC3)O2)no1. The van der Waals surface area contributed by atoms with Crippen LogP contribution in [0.25, 0.3) is 0 Å². The van der Waals surface area contributed by atoms with Crippen molar-refractivity contribution < 1.29 is 19.1 Å². The van der Waals surface area contributed by atoms with E-state index in [4.69, 9.17) is 14.0 Å². The van der Waals surface area contributed by atoms with Crippen molar-refractivity contribution in [3.05, 3.63) is 53.4 Å². The van der Waals surface area contributed by atoms with E-state index in [-0.39, 0.29) is 12.2 Å². The summed E-state index contributed by atoms with van der Waals surface area (Å²) in [7, 11) is 2.08. The third-order valence-corrected chi connectivity index (χ3v) is 6.18. The van der Waals surface area contributed by atoms with Crippen LogP contribution < -0.4 is 5.32 Å². The Labute approximate surface area is 184 Å². The molecule has 7 heteroatoms. The molecule has 0 spiro atoms. The Kier molecular flexibility index (Phi) is 8.10. The highest BCUT2D eigenvalue weighted by Gasteiger charge is 2.31. The highest BCUT2D eigenvalue weighted by atomic mass is 16.5. The first kappa shape index (κ1) is 22.4. The van der Waals surface area contributed by atoms with Crippen LogP contribution in [0.4, 0.5) is 0 Å². The van der Waals surface area contributed by atoms with Crippen LogP contribution in [0.5, 0.6) is 0 Å². The molecule has 0 aliphatic carbocycles. The molecule has 0 radical (unpaired) electrons. The van der Waals surface area contributed by atoms with E-state index in [9.17, 15) is 5.11 Å². The summed E-state index contributed by atoms with van der Waals surface area (Å²) in [6, 6.07) is 12.9. The van der Waals surface area contributed by atoms with E-state index in [0.29, 0.717) is 25.6 Å². The molecule has 0 bridgehead atoms. The molecule has 1 aromatic carbocycles. The van der Waals surface area contributed by atoms with Crippen molar-refractivity contribution in [2.75, 3.05) is 26.8 Å². The summed E-state index contributed by atoms with van der Waals surface area (Å²) in [5.74, 6) is 0.863. The van der Waals surface area contributed by atoms with Gasteiger partial charge in [0.2, 0.25) is 0 Å². The molecule has 2 aliphatic rings. The highest BCUT2D eigenvalue weighted by Crippen LogP contribution is 2.23. The number of benzene rings is 1. The first-order valence-electron chi connectivity index (χ1n) is 11.5. The van der Waals surface area contributed by atoms with E-state index in [1.54, 1.807) is 0 Å². The second-order valence-corrected chi connectivity index (χ2v) is 8.88. The standard InChI is InChI=1S/C24H35N3O4/c1-27(16-18-5-3-2-4-6-18)17-22-14-20(26-31-22)13-21-7-8-23(28)24(30-21)15-25-19-9-11-29-12-10-19/h2-6,14,19,21,23-25,28H,7-13,15-17H2,1H3/t21-,23-,24+/m0/s1. The summed E-state index contributed by atoms with van der Waals surface area (Å²) in [5.41, 5.74) is 2.19. The quantitative estimate of drug-likeness (QED) is 0.634. The van der Waals surface area contributed by atoms with Crippen LogP contribution in [-0.2, 0) is 29.0 Å². The van der Waals surface area contributed by atoms with E-state index in [1.165, 1.54) is 5.56 Å². The van der Waals surface area contributed by atoms with Crippen molar-refractivity contribution in [1.82, 2.24) is 15.4 Å². The summed E-state index contributed by atoms with van der Waals surface area (Å²) in [4.78, 5) is 2.21. The summed E-state index contributed by atoms with van der Waals surface area (Å²) in [6.07, 6.45) is 3.82. The van der Waals surface area contributed by atoms with E-state index in [0.717, 1.165) is 56.9 Å². The first-order valence-corrected chi connectivity index (χ1v) is 11.5. The van der Waals surface area contributed by atoms with Crippen molar-refractivity contribution in [3.63, 3.8) is 0 Å². The molecule has 170 valence electrons. The smallest absolute Gasteiger partial charge is 0.150 e. The molecular weight excluding hydrogens is 394 g/mol. The second-order valence-electron chi connectivity index (χ2n) is 8.88. The van der Waals surface area contributed by atoms with Crippen molar-refractivity contribution in [1.29, 1.82) is 0 Å². The maximum atomic E-state index is 10.4. The Morgan fingerprint density at radius 3 is 2.71 bits per heavy atom. The van der Waals surface area contributed by atoms with Crippen LogP contribution in [0.3, 0.4) is 0 Å². The maximum Gasteiger partial charge on any atom is 0.150 e. The van der Waals surface area contributed by atoms with Gasteiger partial charge in [-0.15, -0.1) is 0 Å². The van der Waals surface area contributed by atoms with Gasteiger partial charge < -0.3 is 24.4 Å². The number of aromatic nitrogens is 1. The van der Waals surface area contributed by atoms with Gasteiger partial charge in [-0.1, -0.05) is 35.5 Å². The lowest BCUT2D eigenvalue weighted by atomic mass is 9.97. The number of nitrogens with one attached hydrogen (secondary N) is 1. The van der Waals surface area contributed by atoms with Crippen molar-refractivity contribution in [2.24, 2.45) is 0 Å². The lowest BCUT2D eigenvalue weighted by molar-refractivity contribution is -0.116. The molecule has 0 saturated carbocycles. The van der Waals surface area contributed by atoms with Gasteiger partial charge >= 0.3 is 0 Å². The lowest BCUT2D eigenvalue weighted by Gasteiger charge is -2.35. The molecular formula is C24H35N3O4. The molecule has 3 heterocycles. The molecule has 2 aromatic rings. The fourth-order valence-corrected chi connectivity index (χ4v) is 4.44. The number of ether oxygens (including phenoxy) is 2. The van der Waals surface area contributed by atoms with Gasteiger partial charge in [-0.05, 0) is 38.3 Å². The van der Waals surface area contributed by atoms with Crippen LogP contribution in [0, 0.1) is 0 Å². The number of nitrogens with zero attached hydrogens (tertiary/aromatic N) is 2. The molecule has 31 heavy (non-hydrogen) atoms. The predicted molar refractivity (Wildman–Crippen MR) is 118 cm³/mol. The zero-order valence-corrected chi connectivity index (χ0v) is 18.4. The fourth-order valence-electron chi connectivity index (χ4n) is 4.44. The Bertz CT molecular complexity index is 778. The fraction of sp³-hybridized carbons (Fsp3) is 0.625. The summed E-state index contributed by atoms with van der Waals surface area (Å²) < 4.78 is 17.2. The average molecular weight is 430 g/mol. The third-order valence-electron chi connectivity index (χ3n) is 6.18. The lowest BCUT2D eigenvalue weighted by Crippen LogP contribution is -2.48. The molecule has 4 rings (SSSR count). The average Bonchev–Trinajstić information content (AvgIpc) is 3.22. The number of hydrogen-bond acceptors (Lipinski definition) is 7. The topological polar surface area (TPSA) is 80.0 Å². The number of aliphatic hydroxyl groups excluding tert-OH is 1. The summed E-state index contributed by atoms with van der Waals surface area (Å²) >= 11 is 0. The zero-order valence-electron chi connectivity index (χ0n) is 18.4. The van der Waals surface area contributed by atoms with Crippen LogP contribution in [0.2, 0.25) is 0 Å². The molecule has 2 saturated heterocycles. The zero-order chi connectivity index (χ0) is 21.5. The molecule has 7 nitrogen and oxygen atoms in total. The molecule has 2 fully saturated rings. The van der Waals surface area contributed by atoms with Gasteiger partial charge in [-0.25, -0.2) is 0 Å². The normalized spacial score (nSPS) is 25.2. The Morgan fingerprint density at radius 1 is 1.10 bits per heavy atom. The summed E-state index contributed by atoms with van der Waals surface area (Å²) in [6.45, 7) is 3.87. The number of aliphatic hydroxyl groups is 1. The minimum Gasteiger partial charge on any atom is -0.390 e. The predicted octanol–water partition coefficient (Wildman–Crippen LogP) is 2.53. The van der Waals surface area contributed by atoms with E-state index in [1.807, 2.05) is 12.1 Å². The van der Waals surface area contributed by atoms with Gasteiger partial charge in [0.05, 0.1) is 30.6 Å². The Balaban J connectivity index is 1.23. The van der Waals surface area contributed by atoms with Crippen molar-refractivity contribution in [3.8, 4) is 0 Å². The van der Waals surface area contributed by atoms with E-state index in [2.05, 4.69) is 46.7 Å². The Morgan fingerprint density at radius 2 is 1.90 bits per heavy atom. The third kappa shape index (κ3) is 6.85. The van der Waals surface area contributed by atoms with Crippen LogP contribution in [0.15, 0.2) is 40.9 Å². The van der Waals surface area contributed by atoms with E-state index < -0.39 is 6.10 Å². The minimum absolute atomic E-state index is 0.0601. The van der Waals surface area contributed by atoms with Gasteiger partial charge in [0, 0.05) is 44.8 Å². The van der Waals surface area contributed by atoms with Gasteiger partial charge in [0.25, 0.3) is 0 Å². The van der Waals surface area contributed by atoms with Gasteiger partial charge in [0.15, 0.2) is 5.76 Å². The van der Waals surface area contributed by atoms with Crippen LogP contribution in [-0.4, -0.2) is 66.3 Å². The second kappa shape index (κ2) is 11.2. The maximum absolute atomic E-state index is 10.4. The molecule has 3 atom stereocenters. The number of rotatable bonds is 9. The van der Waals surface area contributed by atoms with Gasteiger partial charge in [-0.3, -0.25) is 4.90 Å². The van der Waals surface area contributed by atoms with Gasteiger partial charge in [-0.2, -0.15) is 0 Å². The van der Waals surface area contributed by atoms with Gasteiger partial charge in [0.1, 0.15) is 0 Å². The molecule has 2 N–H and O–H groups in total. The highest BCUT2D eigenvalue weighted by molar-refractivity contribution is 5.14. The monoisotopic (exact) mass is 429 g/mol. The molecule has 0 amide bonds. The Hall–Kier alpha value is -1.77. The van der Waals surface area contributed by atoms with Crippen molar-refractivity contribution >= 4 is 0 Å². The van der Waals surface area contributed by atoms with Crippen LogP contribution in [0.1, 0.15) is 42.7 Å². The van der Waals surface area contributed by atoms with Crippen LogP contribution >= 0.6 is 0 Å². The summed E-state index contributed by atoms with van der Waals surface area (Å²) in [5, 5.41) is 18.2. The largest absolute Gasteiger partial charge is 0.390 e. The minimum atomic E-state index is -0.414. The van der Waals surface area contributed by atoms with Crippen molar-refractivity contribution in [2.45, 2.75) is 69.5 Å². The van der Waals surface area contributed by atoms with E-state index >= 15 is 0 Å². The number of hydrogen-bond donors (Lipinski definition) is 2. The first-order chi connectivity index (χ1) is 15.2. The molecule has 1 aromatic heterocycles. The molecule has 0 unspecified atom stereocenters.